The highest BCUT2D eigenvalue weighted by Gasteiger charge is 2.53. The molecule has 0 unspecified atom stereocenters. The summed E-state index contributed by atoms with van der Waals surface area (Å²) in [7, 11) is 0. The molecule has 3 N–H and O–H groups in total. The maximum absolute atomic E-state index is 12.4. The van der Waals surface area contributed by atoms with Crippen LogP contribution >= 0.6 is 0 Å². The second kappa shape index (κ2) is 5.48. The molecule has 0 aliphatic heterocycles. The van der Waals surface area contributed by atoms with E-state index in [2.05, 4.69) is 5.32 Å². The first-order chi connectivity index (χ1) is 7.89. The molecule has 0 aromatic heterocycles. The van der Waals surface area contributed by atoms with Crippen molar-refractivity contribution in [1.82, 2.24) is 5.32 Å². The molecule has 0 aliphatic carbocycles. The van der Waals surface area contributed by atoms with Gasteiger partial charge in [-0.1, -0.05) is 30.3 Å². The van der Waals surface area contributed by atoms with E-state index in [1.54, 1.807) is 30.3 Å². The van der Waals surface area contributed by atoms with Gasteiger partial charge in [0, 0.05) is 13.1 Å². The normalized spacial score (nSPS) is 15.6. The fourth-order valence-electron chi connectivity index (χ4n) is 1.26. The van der Waals surface area contributed by atoms with Crippen molar-refractivity contribution in [3.63, 3.8) is 0 Å². The highest BCUT2D eigenvalue weighted by molar-refractivity contribution is 5.14. The molecule has 0 fully saturated rings. The largest absolute Gasteiger partial charge is 0.420 e. The van der Waals surface area contributed by atoms with Crippen molar-refractivity contribution in [2.24, 2.45) is 0 Å². The molecule has 17 heavy (non-hydrogen) atoms. The van der Waals surface area contributed by atoms with Crippen molar-refractivity contribution in [3.8, 4) is 0 Å². The third-order valence-corrected chi connectivity index (χ3v) is 2.38. The Hall–Kier alpha value is -1.11. The molecule has 0 radical (unpaired) electrons. The lowest BCUT2D eigenvalue weighted by Gasteiger charge is -2.28. The zero-order chi connectivity index (χ0) is 12.9. The van der Waals surface area contributed by atoms with Gasteiger partial charge in [-0.05, 0) is 5.56 Å². The third-order valence-electron chi connectivity index (χ3n) is 2.38. The number of alkyl halides is 3. The molecule has 6 heteroatoms. The minimum Gasteiger partial charge on any atom is -0.393 e. The summed E-state index contributed by atoms with van der Waals surface area (Å²) in [5.41, 5.74) is -2.29. The van der Waals surface area contributed by atoms with Crippen molar-refractivity contribution in [1.29, 1.82) is 0 Å². The molecule has 96 valence electrons. The average Bonchev–Trinajstić information content (AvgIpc) is 2.28. The summed E-state index contributed by atoms with van der Waals surface area (Å²) in [4.78, 5) is 0. The SMILES string of the molecule is OC[C@@](O)(CNCc1ccccc1)C(F)(F)F. The lowest BCUT2D eigenvalue weighted by molar-refractivity contribution is -0.268. The van der Waals surface area contributed by atoms with Gasteiger partial charge in [-0.15, -0.1) is 0 Å². The first kappa shape index (κ1) is 14.0. The molecule has 1 aromatic carbocycles. The topological polar surface area (TPSA) is 52.5 Å². The van der Waals surface area contributed by atoms with Gasteiger partial charge in [0.05, 0.1) is 6.61 Å². The number of hydrogen-bond donors (Lipinski definition) is 3. The number of hydrogen-bond acceptors (Lipinski definition) is 3. The number of rotatable bonds is 5. The Morgan fingerprint density at radius 1 is 1.12 bits per heavy atom. The molecule has 0 bridgehead atoms. The van der Waals surface area contributed by atoms with Crippen LogP contribution in [0.25, 0.3) is 0 Å². The van der Waals surface area contributed by atoms with Crippen molar-refractivity contribution < 1.29 is 23.4 Å². The Balaban J connectivity index is 2.50. The van der Waals surface area contributed by atoms with Crippen LogP contribution < -0.4 is 5.32 Å². The fraction of sp³-hybridized carbons (Fsp3) is 0.455. The Morgan fingerprint density at radius 2 is 1.71 bits per heavy atom. The molecule has 1 atom stereocenters. The molecule has 1 aromatic rings. The fourth-order valence-corrected chi connectivity index (χ4v) is 1.26. The summed E-state index contributed by atoms with van der Waals surface area (Å²) in [6.45, 7) is -1.92. The van der Waals surface area contributed by atoms with Gasteiger partial charge >= 0.3 is 6.18 Å². The first-order valence-electron chi connectivity index (χ1n) is 5.04. The predicted molar refractivity (Wildman–Crippen MR) is 56.2 cm³/mol. The lowest BCUT2D eigenvalue weighted by atomic mass is 10.1. The number of aliphatic hydroxyl groups is 2. The number of halogens is 3. The van der Waals surface area contributed by atoms with Gasteiger partial charge in [-0.3, -0.25) is 0 Å². The monoisotopic (exact) mass is 249 g/mol. The zero-order valence-corrected chi connectivity index (χ0v) is 9.04. The van der Waals surface area contributed by atoms with Crippen molar-refractivity contribution in [2.45, 2.75) is 18.3 Å². The van der Waals surface area contributed by atoms with Crippen LogP contribution in [0.15, 0.2) is 30.3 Å². The third kappa shape index (κ3) is 3.69. The van der Waals surface area contributed by atoms with Gasteiger partial charge in [-0.2, -0.15) is 13.2 Å². The Bertz CT molecular complexity index is 342. The minimum atomic E-state index is -4.86. The molecule has 0 amide bonds. The van der Waals surface area contributed by atoms with Gasteiger partial charge in [0.15, 0.2) is 5.60 Å². The van der Waals surface area contributed by atoms with Crippen LogP contribution in [0.1, 0.15) is 5.56 Å². The van der Waals surface area contributed by atoms with Crippen LogP contribution in [0.2, 0.25) is 0 Å². The summed E-state index contributed by atoms with van der Waals surface area (Å²) < 4.78 is 37.1. The van der Waals surface area contributed by atoms with E-state index in [0.29, 0.717) is 0 Å². The lowest BCUT2D eigenvalue weighted by Crippen LogP contribution is -2.55. The smallest absolute Gasteiger partial charge is 0.393 e. The Kier molecular flexibility index (Phi) is 4.50. The van der Waals surface area contributed by atoms with Crippen molar-refractivity contribution >= 4 is 0 Å². The molecule has 1 rings (SSSR count). The van der Waals surface area contributed by atoms with Crippen LogP contribution in [0, 0.1) is 0 Å². The van der Waals surface area contributed by atoms with Gasteiger partial charge in [0.25, 0.3) is 0 Å². The Morgan fingerprint density at radius 3 is 2.18 bits per heavy atom. The summed E-state index contributed by atoms with van der Waals surface area (Å²) in [5.74, 6) is 0. The standard InChI is InChI=1S/C11H14F3NO2/c12-11(13,14)10(17,8-16)7-15-6-9-4-2-1-3-5-9/h1-5,15-17H,6-8H2/t10-/m0/s1. The zero-order valence-electron chi connectivity index (χ0n) is 9.04. The van der Waals surface area contributed by atoms with E-state index in [1.807, 2.05) is 0 Å². The summed E-state index contributed by atoms with van der Waals surface area (Å²) in [6.07, 6.45) is -4.86. The summed E-state index contributed by atoms with van der Waals surface area (Å²) in [6, 6.07) is 8.82. The van der Waals surface area contributed by atoms with Crippen molar-refractivity contribution in [3.05, 3.63) is 35.9 Å². The summed E-state index contributed by atoms with van der Waals surface area (Å²) >= 11 is 0. The molecule has 0 heterocycles. The van der Waals surface area contributed by atoms with E-state index in [0.717, 1.165) is 5.56 Å². The van der Waals surface area contributed by atoms with Gasteiger partial charge in [-0.25, -0.2) is 0 Å². The van der Waals surface area contributed by atoms with Crippen molar-refractivity contribution in [2.75, 3.05) is 13.2 Å². The van der Waals surface area contributed by atoms with Gasteiger partial charge < -0.3 is 15.5 Å². The molecule has 0 saturated carbocycles. The van der Waals surface area contributed by atoms with Crippen LogP contribution in [0.5, 0.6) is 0 Å². The number of aliphatic hydroxyl groups excluding tert-OH is 1. The quantitative estimate of drug-likeness (QED) is 0.731. The highest BCUT2D eigenvalue weighted by Crippen LogP contribution is 2.29. The van der Waals surface area contributed by atoms with Crippen LogP contribution in [0.3, 0.4) is 0 Å². The summed E-state index contributed by atoms with van der Waals surface area (Å²) in [5, 5.41) is 20.3. The van der Waals surface area contributed by atoms with Gasteiger partial charge in [0.2, 0.25) is 0 Å². The predicted octanol–water partition coefficient (Wildman–Crippen LogP) is 1.06. The van der Waals surface area contributed by atoms with Crippen LogP contribution in [-0.4, -0.2) is 35.1 Å². The molecule has 0 saturated heterocycles. The van der Waals surface area contributed by atoms with E-state index in [9.17, 15) is 18.3 Å². The molecule has 0 aliphatic rings. The number of benzene rings is 1. The van der Waals surface area contributed by atoms with E-state index in [1.165, 1.54) is 0 Å². The van der Waals surface area contributed by atoms with E-state index in [4.69, 9.17) is 5.11 Å². The molecular weight excluding hydrogens is 235 g/mol. The maximum Gasteiger partial charge on any atom is 0.420 e. The minimum absolute atomic E-state index is 0.194. The molecule has 3 nitrogen and oxygen atoms in total. The maximum atomic E-state index is 12.4. The second-order valence-electron chi connectivity index (χ2n) is 3.78. The van der Waals surface area contributed by atoms with Gasteiger partial charge in [0.1, 0.15) is 0 Å². The average molecular weight is 249 g/mol. The first-order valence-corrected chi connectivity index (χ1v) is 5.04. The van der Waals surface area contributed by atoms with Crippen LogP contribution in [-0.2, 0) is 6.54 Å². The van der Waals surface area contributed by atoms with E-state index in [-0.39, 0.29) is 6.54 Å². The molecular formula is C11H14F3NO2. The second-order valence-corrected chi connectivity index (χ2v) is 3.78. The van der Waals surface area contributed by atoms with E-state index < -0.39 is 24.9 Å². The Labute approximate surface area is 96.9 Å². The molecule has 0 spiro atoms. The number of nitrogens with one attached hydrogen (secondary N) is 1. The van der Waals surface area contributed by atoms with Crippen LogP contribution in [0.4, 0.5) is 13.2 Å². The van der Waals surface area contributed by atoms with E-state index >= 15 is 0 Å². The highest BCUT2D eigenvalue weighted by atomic mass is 19.4.